The van der Waals surface area contributed by atoms with Gasteiger partial charge in [-0.3, -0.25) is 4.79 Å². The lowest BCUT2D eigenvalue weighted by Gasteiger charge is -2.17. The van der Waals surface area contributed by atoms with E-state index in [2.05, 4.69) is 9.88 Å². The van der Waals surface area contributed by atoms with Crippen LogP contribution in [0.3, 0.4) is 0 Å². The molecular formula is C26H27N3O3. The summed E-state index contributed by atoms with van der Waals surface area (Å²) in [4.78, 5) is 17.5. The number of rotatable bonds is 8. The minimum absolute atomic E-state index is 0.122. The van der Waals surface area contributed by atoms with Crippen LogP contribution in [-0.2, 0) is 6.54 Å². The minimum Gasteiger partial charge on any atom is -0.497 e. The Morgan fingerprint density at radius 2 is 1.78 bits per heavy atom. The van der Waals surface area contributed by atoms with Gasteiger partial charge in [0.1, 0.15) is 23.9 Å². The molecule has 1 amide bonds. The van der Waals surface area contributed by atoms with Crippen molar-refractivity contribution in [1.82, 2.24) is 14.9 Å². The van der Waals surface area contributed by atoms with Crippen LogP contribution in [0, 0.1) is 6.92 Å². The van der Waals surface area contributed by atoms with Gasteiger partial charge in [0.05, 0.1) is 30.7 Å². The van der Waals surface area contributed by atoms with Crippen LogP contribution in [0.4, 0.5) is 0 Å². The number of para-hydroxylation sites is 2. The van der Waals surface area contributed by atoms with E-state index >= 15 is 0 Å². The zero-order valence-corrected chi connectivity index (χ0v) is 18.5. The van der Waals surface area contributed by atoms with Gasteiger partial charge in [-0.05, 0) is 50.2 Å². The van der Waals surface area contributed by atoms with Crippen molar-refractivity contribution in [2.75, 3.05) is 13.7 Å². The molecule has 0 saturated carbocycles. The first-order valence-electron chi connectivity index (χ1n) is 10.6. The number of carbonyl (C=O) groups is 1. The van der Waals surface area contributed by atoms with Crippen molar-refractivity contribution in [3.8, 4) is 11.5 Å². The standard InChI is InChI=1S/C26H27N3O3/c1-18-11-13-20(14-12-18)26(30)27-19(2)25-28-23-9-4-5-10-24(23)29(25)15-16-32-22-8-6-7-21(17-22)31-3/h4-14,17,19H,15-16H2,1-3H3,(H,27,30). The molecule has 0 aliphatic heterocycles. The number of aromatic nitrogens is 2. The number of carbonyl (C=O) groups excluding carboxylic acids is 1. The number of hydrogen-bond donors (Lipinski definition) is 1. The Morgan fingerprint density at radius 1 is 1.03 bits per heavy atom. The maximum absolute atomic E-state index is 12.7. The molecule has 0 aliphatic rings. The number of amides is 1. The van der Waals surface area contributed by atoms with Gasteiger partial charge in [-0.2, -0.15) is 0 Å². The molecular weight excluding hydrogens is 402 g/mol. The predicted octanol–water partition coefficient (Wildman–Crippen LogP) is 4.92. The normalized spacial score (nSPS) is 11.8. The molecule has 0 radical (unpaired) electrons. The first-order chi connectivity index (χ1) is 15.5. The number of ether oxygens (including phenoxy) is 2. The Balaban J connectivity index is 1.52. The number of nitrogens with one attached hydrogen (secondary N) is 1. The molecule has 6 nitrogen and oxygen atoms in total. The van der Waals surface area contributed by atoms with E-state index in [-0.39, 0.29) is 11.9 Å². The van der Waals surface area contributed by atoms with E-state index in [4.69, 9.17) is 14.5 Å². The van der Waals surface area contributed by atoms with E-state index in [9.17, 15) is 4.79 Å². The summed E-state index contributed by atoms with van der Waals surface area (Å²) >= 11 is 0. The van der Waals surface area contributed by atoms with Crippen molar-refractivity contribution < 1.29 is 14.3 Å². The van der Waals surface area contributed by atoms with Gasteiger partial charge in [-0.25, -0.2) is 4.98 Å². The molecule has 0 saturated heterocycles. The van der Waals surface area contributed by atoms with E-state index in [0.717, 1.165) is 33.9 Å². The van der Waals surface area contributed by atoms with Gasteiger partial charge < -0.3 is 19.4 Å². The van der Waals surface area contributed by atoms with Crippen molar-refractivity contribution in [3.05, 3.63) is 89.7 Å². The number of hydrogen-bond acceptors (Lipinski definition) is 4. The average Bonchev–Trinajstić information content (AvgIpc) is 3.18. The van der Waals surface area contributed by atoms with Gasteiger partial charge in [0.15, 0.2) is 0 Å². The van der Waals surface area contributed by atoms with Gasteiger partial charge in [-0.15, -0.1) is 0 Å². The number of nitrogens with zero attached hydrogens (tertiary/aromatic N) is 2. The number of fused-ring (bicyclic) bond motifs is 1. The Labute approximate surface area is 187 Å². The number of aryl methyl sites for hydroxylation is 1. The van der Waals surface area contributed by atoms with E-state index in [1.54, 1.807) is 7.11 Å². The van der Waals surface area contributed by atoms with Crippen molar-refractivity contribution in [2.45, 2.75) is 26.4 Å². The highest BCUT2D eigenvalue weighted by atomic mass is 16.5. The summed E-state index contributed by atoms with van der Waals surface area (Å²) in [6.07, 6.45) is 0. The van der Waals surface area contributed by atoms with E-state index in [1.165, 1.54) is 0 Å². The van der Waals surface area contributed by atoms with Crippen LogP contribution in [-0.4, -0.2) is 29.2 Å². The molecule has 0 bridgehead atoms. The molecule has 4 aromatic rings. The van der Waals surface area contributed by atoms with Crippen LogP contribution < -0.4 is 14.8 Å². The molecule has 32 heavy (non-hydrogen) atoms. The SMILES string of the molecule is COc1cccc(OCCn2c(C(C)NC(=O)c3ccc(C)cc3)nc3ccccc32)c1. The lowest BCUT2D eigenvalue weighted by atomic mass is 10.1. The second-order valence-electron chi connectivity index (χ2n) is 7.70. The quantitative estimate of drug-likeness (QED) is 0.432. The van der Waals surface area contributed by atoms with Gasteiger partial charge in [0.25, 0.3) is 5.91 Å². The minimum atomic E-state index is -0.270. The molecule has 0 fully saturated rings. The Hall–Kier alpha value is -3.80. The second-order valence-corrected chi connectivity index (χ2v) is 7.70. The van der Waals surface area contributed by atoms with Crippen molar-refractivity contribution in [2.24, 2.45) is 0 Å². The molecule has 1 aromatic heterocycles. The fraction of sp³-hybridized carbons (Fsp3) is 0.231. The van der Waals surface area contributed by atoms with Crippen LogP contribution in [0.2, 0.25) is 0 Å². The number of methoxy groups -OCH3 is 1. The molecule has 1 unspecified atom stereocenters. The maximum Gasteiger partial charge on any atom is 0.251 e. The molecule has 164 valence electrons. The molecule has 0 spiro atoms. The topological polar surface area (TPSA) is 65.4 Å². The van der Waals surface area contributed by atoms with E-state index < -0.39 is 0 Å². The summed E-state index contributed by atoms with van der Waals surface area (Å²) in [7, 11) is 1.63. The maximum atomic E-state index is 12.7. The highest BCUT2D eigenvalue weighted by Crippen LogP contribution is 2.22. The summed E-state index contributed by atoms with van der Waals surface area (Å²) in [5.74, 6) is 2.17. The lowest BCUT2D eigenvalue weighted by Crippen LogP contribution is -2.29. The second kappa shape index (κ2) is 9.56. The zero-order valence-electron chi connectivity index (χ0n) is 18.5. The van der Waals surface area contributed by atoms with Crippen LogP contribution in [0.1, 0.15) is 34.7 Å². The van der Waals surface area contributed by atoms with E-state index in [0.29, 0.717) is 18.7 Å². The molecule has 6 heteroatoms. The lowest BCUT2D eigenvalue weighted by molar-refractivity contribution is 0.0937. The third-order valence-electron chi connectivity index (χ3n) is 5.36. The molecule has 1 atom stereocenters. The molecule has 4 rings (SSSR count). The zero-order chi connectivity index (χ0) is 22.5. The fourth-order valence-corrected chi connectivity index (χ4v) is 3.65. The van der Waals surface area contributed by atoms with Crippen LogP contribution in [0.15, 0.2) is 72.8 Å². The third-order valence-corrected chi connectivity index (χ3v) is 5.36. The summed E-state index contributed by atoms with van der Waals surface area (Å²) in [6, 6.07) is 22.8. The molecule has 3 aromatic carbocycles. The predicted molar refractivity (Wildman–Crippen MR) is 125 cm³/mol. The number of benzene rings is 3. The first kappa shape index (κ1) is 21.4. The Kier molecular flexibility index (Phi) is 6.40. The monoisotopic (exact) mass is 429 g/mol. The van der Waals surface area contributed by atoms with Crippen molar-refractivity contribution >= 4 is 16.9 Å². The van der Waals surface area contributed by atoms with Gasteiger partial charge in [-0.1, -0.05) is 35.9 Å². The van der Waals surface area contributed by atoms with Crippen molar-refractivity contribution in [3.63, 3.8) is 0 Å². The van der Waals surface area contributed by atoms with Crippen LogP contribution >= 0.6 is 0 Å². The summed E-state index contributed by atoms with van der Waals surface area (Å²) < 4.78 is 13.3. The van der Waals surface area contributed by atoms with Crippen molar-refractivity contribution in [1.29, 1.82) is 0 Å². The summed E-state index contributed by atoms with van der Waals surface area (Å²) in [6.45, 7) is 5.00. The van der Waals surface area contributed by atoms with Gasteiger partial charge in [0, 0.05) is 11.6 Å². The molecule has 0 aliphatic carbocycles. The largest absolute Gasteiger partial charge is 0.497 e. The Bertz CT molecular complexity index is 1210. The van der Waals surface area contributed by atoms with E-state index in [1.807, 2.05) is 86.6 Å². The van der Waals surface area contributed by atoms with Crippen LogP contribution in [0.25, 0.3) is 11.0 Å². The average molecular weight is 430 g/mol. The molecule has 1 N–H and O–H groups in total. The Morgan fingerprint density at radius 3 is 2.56 bits per heavy atom. The smallest absolute Gasteiger partial charge is 0.251 e. The van der Waals surface area contributed by atoms with Gasteiger partial charge in [0.2, 0.25) is 0 Å². The fourth-order valence-electron chi connectivity index (χ4n) is 3.65. The van der Waals surface area contributed by atoms with Crippen LogP contribution in [0.5, 0.6) is 11.5 Å². The highest BCUT2D eigenvalue weighted by molar-refractivity contribution is 5.94. The third kappa shape index (κ3) is 4.75. The highest BCUT2D eigenvalue weighted by Gasteiger charge is 2.19. The van der Waals surface area contributed by atoms with Gasteiger partial charge >= 0.3 is 0 Å². The first-order valence-corrected chi connectivity index (χ1v) is 10.6. The summed E-state index contributed by atoms with van der Waals surface area (Å²) in [5.41, 5.74) is 3.65. The molecule has 1 heterocycles. The summed E-state index contributed by atoms with van der Waals surface area (Å²) in [5, 5.41) is 3.08. The number of imidazole rings is 1.